The normalized spacial score (nSPS) is 11.7. The van der Waals surface area contributed by atoms with Gasteiger partial charge in [-0.3, -0.25) is 4.79 Å². The second-order valence-electron chi connectivity index (χ2n) is 4.49. The van der Waals surface area contributed by atoms with Crippen molar-refractivity contribution in [3.63, 3.8) is 0 Å². The maximum absolute atomic E-state index is 11.1. The molecule has 2 aromatic rings. The average Bonchev–Trinajstić information content (AvgIpc) is 2.86. The molecule has 0 saturated heterocycles. The third-order valence-corrected chi connectivity index (χ3v) is 3.99. The smallest absolute Gasteiger partial charge is 0.310 e. The standard InChI is InChI=1S/C10H11BrN4O2S/c1-10(2,9(16)17)5-15-8(12-13-14-15)6-3-7(11)18-4-6/h3-4H,5H2,1-2H3,(H,16,17). The fourth-order valence-corrected chi connectivity index (χ4v) is 2.52. The van der Waals surface area contributed by atoms with Gasteiger partial charge in [-0.1, -0.05) is 0 Å². The van der Waals surface area contributed by atoms with Crippen molar-refractivity contribution in [2.24, 2.45) is 5.41 Å². The Morgan fingerprint density at radius 2 is 2.33 bits per heavy atom. The molecular weight excluding hydrogens is 320 g/mol. The Bertz CT molecular complexity index is 578. The zero-order valence-corrected chi connectivity index (χ0v) is 12.2. The second-order valence-corrected chi connectivity index (χ2v) is 6.78. The fourth-order valence-electron chi connectivity index (χ4n) is 1.39. The van der Waals surface area contributed by atoms with Crippen LogP contribution < -0.4 is 0 Å². The molecule has 0 radical (unpaired) electrons. The summed E-state index contributed by atoms with van der Waals surface area (Å²) in [6.07, 6.45) is 0. The summed E-state index contributed by atoms with van der Waals surface area (Å²) in [7, 11) is 0. The first-order valence-electron chi connectivity index (χ1n) is 5.14. The number of tetrazole rings is 1. The van der Waals surface area contributed by atoms with Gasteiger partial charge in [0.1, 0.15) is 0 Å². The van der Waals surface area contributed by atoms with Crippen molar-refractivity contribution in [3.05, 3.63) is 15.2 Å². The molecule has 1 N–H and O–H groups in total. The van der Waals surface area contributed by atoms with Crippen LogP contribution in [0, 0.1) is 5.41 Å². The van der Waals surface area contributed by atoms with Crippen molar-refractivity contribution in [1.29, 1.82) is 0 Å². The van der Waals surface area contributed by atoms with E-state index in [9.17, 15) is 4.79 Å². The van der Waals surface area contributed by atoms with Crippen LogP contribution in [-0.4, -0.2) is 31.3 Å². The summed E-state index contributed by atoms with van der Waals surface area (Å²) >= 11 is 4.90. The Labute approximate surface area is 116 Å². The van der Waals surface area contributed by atoms with E-state index in [1.165, 1.54) is 16.0 Å². The highest BCUT2D eigenvalue weighted by atomic mass is 79.9. The highest BCUT2D eigenvalue weighted by Crippen LogP contribution is 2.28. The first kappa shape index (κ1) is 13.2. The number of nitrogens with zero attached hydrogens (tertiary/aromatic N) is 4. The molecule has 96 valence electrons. The van der Waals surface area contributed by atoms with Crippen molar-refractivity contribution in [3.8, 4) is 11.4 Å². The molecule has 0 spiro atoms. The van der Waals surface area contributed by atoms with E-state index in [-0.39, 0.29) is 6.54 Å². The van der Waals surface area contributed by atoms with E-state index in [0.717, 1.165) is 9.35 Å². The summed E-state index contributed by atoms with van der Waals surface area (Å²) < 4.78 is 2.49. The average molecular weight is 331 g/mol. The largest absolute Gasteiger partial charge is 0.481 e. The summed E-state index contributed by atoms with van der Waals surface area (Å²) in [6, 6.07) is 1.90. The van der Waals surface area contributed by atoms with Crippen LogP contribution in [0.5, 0.6) is 0 Å². The van der Waals surface area contributed by atoms with Crippen molar-refractivity contribution in [2.45, 2.75) is 20.4 Å². The van der Waals surface area contributed by atoms with Crippen LogP contribution in [-0.2, 0) is 11.3 Å². The molecule has 2 aromatic heterocycles. The van der Waals surface area contributed by atoms with Gasteiger partial charge < -0.3 is 5.11 Å². The molecule has 0 saturated carbocycles. The van der Waals surface area contributed by atoms with Crippen molar-refractivity contribution < 1.29 is 9.90 Å². The van der Waals surface area contributed by atoms with E-state index in [4.69, 9.17) is 5.11 Å². The lowest BCUT2D eigenvalue weighted by Crippen LogP contribution is -2.30. The Kier molecular flexibility index (Phi) is 3.49. The first-order valence-corrected chi connectivity index (χ1v) is 6.81. The van der Waals surface area contributed by atoms with Crippen LogP contribution in [0.2, 0.25) is 0 Å². The fraction of sp³-hybridized carbons (Fsp3) is 0.400. The molecule has 0 unspecified atom stereocenters. The Morgan fingerprint density at radius 3 is 2.89 bits per heavy atom. The van der Waals surface area contributed by atoms with E-state index in [0.29, 0.717) is 5.82 Å². The Balaban J connectivity index is 2.32. The number of hydrogen-bond acceptors (Lipinski definition) is 5. The molecule has 8 heteroatoms. The quantitative estimate of drug-likeness (QED) is 0.929. The number of halogens is 1. The molecule has 0 aliphatic heterocycles. The molecule has 0 bridgehead atoms. The van der Waals surface area contributed by atoms with Crippen molar-refractivity contribution >= 4 is 33.2 Å². The summed E-state index contributed by atoms with van der Waals surface area (Å²) in [5.41, 5.74) is -0.0461. The third-order valence-electron chi connectivity index (χ3n) is 2.48. The number of carboxylic acids is 1. The zero-order chi connectivity index (χ0) is 13.3. The lowest BCUT2D eigenvalue weighted by atomic mass is 9.94. The van der Waals surface area contributed by atoms with Crippen LogP contribution in [0.15, 0.2) is 15.2 Å². The van der Waals surface area contributed by atoms with Gasteiger partial charge in [0.15, 0.2) is 5.82 Å². The number of carbonyl (C=O) groups is 1. The molecule has 0 atom stereocenters. The summed E-state index contributed by atoms with van der Waals surface area (Å²) in [5.74, 6) is -0.304. The van der Waals surface area contributed by atoms with Crippen LogP contribution in [0.4, 0.5) is 0 Å². The molecule has 18 heavy (non-hydrogen) atoms. The number of rotatable bonds is 4. The highest BCUT2D eigenvalue weighted by molar-refractivity contribution is 9.11. The van der Waals surface area contributed by atoms with Gasteiger partial charge in [-0.05, 0) is 46.3 Å². The molecule has 0 amide bonds. The van der Waals surface area contributed by atoms with Crippen LogP contribution >= 0.6 is 27.3 Å². The van der Waals surface area contributed by atoms with E-state index in [2.05, 4.69) is 31.5 Å². The number of aromatic nitrogens is 4. The summed E-state index contributed by atoms with van der Waals surface area (Å²) in [5, 5.41) is 22.4. The SMILES string of the molecule is CC(C)(Cn1nnnc1-c1csc(Br)c1)C(=O)O. The minimum absolute atomic E-state index is 0.220. The van der Waals surface area contributed by atoms with Gasteiger partial charge in [0.05, 0.1) is 15.7 Å². The molecule has 0 aliphatic rings. The van der Waals surface area contributed by atoms with Crippen LogP contribution in [0.25, 0.3) is 11.4 Å². The molecule has 2 heterocycles. The molecule has 0 aliphatic carbocycles. The number of aliphatic carboxylic acids is 1. The van der Waals surface area contributed by atoms with Gasteiger partial charge in [-0.25, -0.2) is 4.68 Å². The van der Waals surface area contributed by atoms with Gasteiger partial charge in [-0.15, -0.1) is 16.4 Å². The number of hydrogen-bond donors (Lipinski definition) is 1. The van der Waals surface area contributed by atoms with E-state index in [1.807, 2.05) is 11.4 Å². The molecule has 0 fully saturated rings. The first-order chi connectivity index (χ1) is 8.40. The lowest BCUT2D eigenvalue weighted by Gasteiger charge is -2.18. The Morgan fingerprint density at radius 1 is 1.61 bits per heavy atom. The van der Waals surface area contributed by atoms with Crippen molar-refractivity contribution in [1.82, 2.24) is 20.2 Å². The number of thiophene rings is 1. The van der Waals surface area contributed by atoms with Gasteiger partial charge in [0, 0.05) is 10.9 Å². The monoisotopic (exact) mass is 330 g/mol. The van der Waals surface area contributed by atoms with Crippen LogP contribution in [0.3, 0.4) is 0 Å². The maximum atomic E-state index is 11.1. The van der Waals surface area contributed by atoms with Crippen molar-refractivity contribution in [2.75, 3.05) is 0 Å². The minimum atomic E-state index is -0.919. The zero-order valence-electron chi connectivity index (χ0n) is 9.79. The Hall–Kier alpha value is -1.28. The second kappa shape index (κ2) is 4.77. The van der Waals surface area contributed by atoms with Gasteiger partial charge in [-0.2, -0.15) is 0 Å². The van der Waals surface area contributed by atoms with E-state index in [1.54, 1.807) is 13.8 Å². The molecular formula is C10H11BrN4O2S. The molecule has 0 aromatic carbocycles. The van der Waals surface area contributed by atoms with Crippen LogP contribution in [0.1, 0.15) is 13.8 Å². The topological polar surface area (TPSA) is 80.9 Å². The molecule has 2 rings (SSSR count). The third kappa shape index (κ3) is 2.59. The predicted octanol–water partition coefficient (Wildman–Crippen LogP) is 2.27. The lowest BCUT2D eigenvalue weighted by molar-refractivity contribution is -0.147. The summed E-state index contributed by atoms with van der Waals surface area (Å²) in [4.78, 5) is 11.1. The predicted molar refractivity (Wildman–Crippen MR) is 70.2 cm³/mol. The maximum Gasteiger partial charge on any atom is 0.310 e. The molecule has 6 nitrogen and oxygen atoms in total. The van der Waals surface area contributed by atoms with Gasteiger partial charge in [0.2, 0.25) is 0 Å². The summed E-state index contributed by atoms with van der Waals surface area (Å²) in [6.45, 7) is 3.51. The highest BCUT2D eigenvalue weighted by Gasteiger charge is 2.29. The van der Waals surface area contributed by atoms with Gasteiger partial charge >= 0.3 is 5.97 Å². The van der Waals surface area contributed by atoms with E-state index < -0.39 is 11.4 Å². The van der Waals surface area contributed by atoms with E-state index >= 15 is 0 Å². The number of carboxylic acid groups (broad SMARTS) is 1. The minimum Gasteiger partial charge on any atom is -0.481 e. The van der Waals surface area contributed by atoms with Gasteiger partial charge in [0.25, 0.3) is 0 Å².